The van der Waals surface area contributed by atoms with Crippen molar-refractivity contribution in [3.05, 3.63) is 30.3 Å². The molecule has 0 radical (unpaired) electrons. The molecule has 0 saturated carbocycles. The Hall–Kier alpha value is -2.96. The summed E-state index contributed by atoms with van der Waals surface area (Å²) in [6.45, 7) is 5.91. The predicted octanol–water partition coefficient (Wildman–Crippen LogP) is 1.92. The highest BCUT2D eigenvalue weighted by Crippen LogP contribution is 2.23. The summed E-state index contributed by atoms with van der Waals surface area (Å²) >= 11 is 0. The Morgan fingerprint density at radius 3 is 2.61 bits per heavy atom. The first-order chi connectivity index (χ1) is 15.7. The quantitative estimate of drug-likeness (QED) is 0.365. The van der Waals surface area contributed by atoms with Crippen molar-refractivity contribution in [2.24, 2.45) is 0 Å². The number of hydrogen-bond donors (Lipinski definition) is 3. The summed E-state index contributed by atoms with van der Waals surface area (Å²) in [5, 5.41) is 9.66. The van der Waals surface area contributed by atoms with Gasteiger partial charge >= 0.3 is 10.4 Å². The van der Waals surface area contributed by atoms with Gasteiger partial charge in [-0.25, -0.2) is 0 Å². The molecule has 2 aromatic rings. The maximum atomic E-state index is 12.2. The van der Waals surface area contributed by atoms with Crippen molar-refractivity contribution in [2.45, 2.75) is 32.6 Å². The molecule has 3 N–H and O–H groups in total. The molecule has 0 aliphatic carbocycles. The van der Waals surface area contributed by atoms with Gasteiger partial charge in [-0.1, -0.05) is 0 Å². The molecule has 0 bridgehead atoms. The minimum Gasteiger partial charge on any atom is -0.362 e. The number of rotatable bonds is 9. The smallest absolute Gasteiger partial charge is 0.362 e. The zero-order chi connectivity index (χ0) is 23.8. The topological polar surface area (TPSA) is 145 Å². The molecule has 1 aliphatic rings. The number of nitrogens with zero attached hydrogens (tertiary/aromatic N) is 3. The van der Waals surface area contributed by atoms with Gasteiger partial charge in [0.15, 0.2) is 5.82 Å². The van der Waals surface area contributed by atoms with Crippen molar-refractivity contribution in [2.75, 3.05) is 38.0 Å². The first-order valence-electron chi connectivity index (χ1n) is 10.8. The monoisotopic (exact) mass is 479 g/mol. The number of H-pyrrole nitrogens is 1. The molecule has 33 heavy (non-hydrogen) atoms. The number of unbranched alkanes of at least 4 members (excludes halogenated alkanes) is 1. The first-order valence-corrected chi connectivity index (χ1v) is 12.2. The van der Waals surface area contributed by atoms with E-state index in [1.807, 2.05) is 4.90 Å². The van der Waals surface area contributed by atoms with Crippen LogP contribution in [0.25, 0.3) is 11.3 Å². The third-order valence-corrected chi connectivity index (χ3v) is 5.78. The lowest BCUT2D eigenvalue weighted by atomic mass is 10.1. The minimum atomic E-state index is -4.57. The lowest BCUT2D eigenvalue weighted by Gasteiger charge is -2.20. The molecule has 3 rings (SSSR count). The summed E-state index contributed by atoms with van der Waals surface area (Å²) in [6.07, 6.45) is 3.01. The van der Waals surface area contributed by atoms with Crippen LogP contribution < -0.4 is 9.50 Å². The fraction of sp³-hybridized carbons (Fsp3) is 0.476. The highest BCUT2D eigenvalue weighted by Gasteiger charge is 2.16. The van der Waals surface area contributed by atoms with Gasteiger partial charge in [0.2, 0.25) is 11.8 Å². The van der Waals surface area contributed by atoms with Crippen molar-refractivity contribution < 1.29 is 26.7 Å². The van der Waals surface area contributed by atoms with Gasteiger partial charge in [0.05, 0.1) is 5.69 Å². The van der Waals surface area contributed by atoms with Crippen LogP contribution in [-0.2, 0) is 20.0 Å². The Morgan fingerprint density at radius 1 is 1.15 bits per heavy atom. The number of hydrogen-bond acceptors (Lipinski definition) is 7. The van der Waals surface area contributed by atoms with Crippen LogP contribution in [0.3, 0.4) is 0 Å². The van der Waals surface area contributed by atoms with Gasteiger partial charge in [-0.05, 0) is 62.2 Å². The molecule has 2 amide bonds. The van der Waals surface area contributed by atoms with E-state index < -0.39 is 10.4 Å². The second kappa shape index (κ2) is 11.3. The first kappa shape index (κ1) is 24.7. The number of amides is 2. The van der Waals surface area contributed by atoms with Crippen LogP contribution in [0.4, 0.5) is 5.82 Å². The van der Waals surface area contributed by atoms with Gasteiger partial charge in [-0.2, -0.15) is 13.5 Å². The molecule has 12 heteroatoms. The predicted molar refractivity (Wildman–Crippen MR) is 122 cm³/mol. The Morgan fingerprint density at radius 2 is 1.91 bits per heavy atom. The van der Waals surface area contributed by atoms with Gasteiger partial charge in [-0.15, -0.1) is 0 Å². The summed E-state index contributed by atoms with van der Waals surface area (Å²) in [4.78, 5) is 28.0. The Labute approximate surface area is 193 Å². The standard InChI is InChI=1S/C21H29N5O6S/c1-16(27)26-12-4-11-25(13-14-26)10-3-2-5-21(28)22-20-15-19(23-24-20)17-6-8-18(9-7-17)32-33(29,30)31/h6-9,15H,2-5,10-14H2,1H3,(H,29,30,31)(H2,22,23,24,28). The SMILES string of the molecule is CC(=O)N1CCCN(CCCCC(=O)Nc2cc(-c3ccc(OS(=O)(=O)O)cc3)[nH]n2)CC1. The van der Waals surface area contributed by atoms with Crippen molar-refractivity contribution in [3.8, 4) is 17.0 Å². The molecule has 1 saturated heterocycles. The molecule has 180 valence electrons. The lowest BCUT2D eigenvalue weighted by molar-refractivity contribution is -0.128. The van der Waals surface area contributed by atoms with E-state index in [4.69, 9.17) is 4.55 Å². The molecule has 2 heterocycles. The van der Waals surface area contributed by atoms with E-state index in [0.717, 1.165) is 52.0 Å². The number of nitrogens with one attached hydrogen (secondary N) is 2. The van der Waals surface area contributed by atoms with Gasteiger partial charge in [0, 0.05) is 39.0 Å². The van der Waals surface area contributed by atoms with Crippen molar-refractivity contribution in [3.63, 3.8) is 0 Å². The fourth-order valence-electron chi connectivity index (χ4n) is 3.68. The van der Waals surface area contributed by atoms with E-state index >= 15 is 0 Å². The summed E-state index contributed by atoms with van der Waals surface area (Å²) in [7, 11) is -4.57. The van der Waals surface area contributed by atoms with E-state index in [1.54, 1.807) is 25.1 Å². The van der Waals surface area contributed by atoms with E-state index in [9.17, 15) is 18.0 Å². The fourth-order valence-corrected chi connectivity index (χ4v) is 4.04. The maximum Gasteiger partial charge on any atom is 0.446 e. The summed E-state index contributed by atoms with van der Waals surface area (Å²) < 4.78 is 34.6. The normalized spacial score (nSPS) is 15.2. The Bertz CT molecular complexity index is 1050. The molecule has 11 nitrogen and oxygen atoms in total. The molecule has 1 aliphatic heterocycles. The van der Waals surface area contributed by atoms with Crippen LogP contribution in [0, 0.1) is 0 Å². The highest BCUT2D eigenvalue weighted by atomic mass is 32.3. The number of benzene rings is 1. The lowest BCUT2D eigenvalue weighted by Crippen LogP contribution is -2.34. The molecular weight excluding hydrogens is 450 g/mol. The maximum absolute atomic E-state index is 12.2. The number of carbonyl (C=O) groups excluding carboxylic acids is 2. The average molecular weight is 480 g/mol. The van der Waals surface area contributed by atoms with Crippen LogP contribution in [0.5, 0.6) is 5.75 Å². The van der Waals surface area contributed by atoms with Crippen LogP contribution in [0.1, 0.15) is 32.6 Å². The minimum absolute atomic E-state index is 0.0225. The summed E-state index contributed by atoms with van der Waals surface area (Å²) in [5.41, 5.74) is 1.33. The van der Waals surface area contributed by atoms with E-state index in [-0.39, 0.29) is 17.6 Å². The molecule has 1 fully saturated rings. The molecular formula is C21H29N5O6S. The molecule has 0 atom stereocenters. The third-order valence-electron chi connectivity index (χ3n) is 5.37. The van der Waals surface area contributed by atoms with Gasteiger partial charge in [0.25, 0.3) is 0 Å². The second-order valence-corrected chi connectivity index (χ2v) is 8.93. The molecule has 0 unspecified atom stereocenters. The van der Waals surface area contributed by atoms with Crippen LogP contribution >= 0.6 is 0 Å². The molecule has 0 spiro atoms. The number of aromatic nitrogens is 2. The highest BCUT2D eigenvalue weighted by molar-refractivity contribution is 7.81. The number of carbonyl (C=O) groups is 2. The number of anilines is 1. The number of aromatic amines is 1. The summed E-state index contributed by atoms with van der Waals surface area (Å²) in [5.74, 6) is 0.373. The van der Waals surface area contributed by atoms with Crippen LogP contribution in [0.2, 0.25) is 0 Å². The zero-order valence-corrected chi connectivity index (χ0v) is 19.3. The van der Waals surface area contributed by atoms with Gasteiger partial charge < -0.3 is 19.3 Å². The Balaban J connectivity index is 1.39. The van der Waals surface area contributed by atoms with Crippen molar-refractivity contribution in [1.29, 1.82) is 0 Å². The van der Waals surface area contributed by atoms with Gasteiger partial charge in [-0.3, -0.25) is 19.2 Å². The van der Waals surface area contributed by atoms with Gasteiger partial charge in [0.1, 0.15) is 5.75 Å². The zero-order valence-electron chi connectivity index (χ0n) is 18.5. The Kier molecular flexibility index (Phi) is 8.42. The third kappa shape index (κ3) is 8.15. The van der Waals surface area contributed by atoms with Crippen LogP contribution in [-0.4, -0.2) is 77.5 Å². The second-order valence-electron chi connectivity index (χ2n) is 7.91. The van der Waals surface area contributed by atoms with E-state index in [0.29, 0.717) is 23.5 Å². The van der Waals surface area contributed by atoms with Crippen molar-refractivity contribution in [1.82, 2.24) is 20.0 Å². The van der Waals surface area contributed by atoms with Crippen molar-refractivity contribution >= 4 is 28.0 Å². The average Bonchev–Trinajstić information content (AvgIpc) is 3.06. The van der Waals surface area contributed by atoms with Crippen LogP contribution in [0.15, 0.2) is 30.3 Å². The summed E-state index contributed by atoms with van der Waals surface area (Å²) in [6, 6.07) is 7.65. The molecule has 1 aromatic carbocycles. The largest absolute Gasteiger partial charge is 0.446 e. The van der Waals surface area contributed by atoms with E-state index in [1.165, 1.54) is 12.1 Å². The van der Waals surface area contributed by atoms with E-state index in [2.05, 4.69) is 24.6 Å². The molecule has 1 aromatic heterocycles.